The van der Waals surface area contributed by atoms with E-state index in [4.69, 9.17) is 11.6 Å². The molecule has 0 saturated carbocycles. The van der Waals surface area contributed by atoms with Crippen LogP contribution in [0.1, 0.15) is 17.2 Å². The van der Waals surface area contributed by atoms with E-state index in [9.17, 15) is 4.39 Å². The van der Waals surface area contributed by atoms with E-state index in [0.29, 0.717) is 15.1 Å². The SMILES string of the molecule is CNC(c1ccsc1)c1cc(Cl)c(Br)cc1F. The molecule has 17 heavy (non-hydrogen) atoms. The van der Waals surface area contributed by atoms with Crippen LogP contribution in [0.25, 0.3) is 0 Å². The Labute approximate surface area is 117 Å². The van der Waals surface area contributed by atoms with Crippen molar-refractivity contribution in [1.82, 2.24) is 5.32 Å². The predicted octanol–water partition coefficient (Wildman–Crippen LogP) is 4.61. The van der Waals surface area contributed by atoms with Crippen molar-refractivity contribution in [3.8, 4) is 0 Å². The van der Waals surface area contributed by atoms with Crippen LogP contribution in [-0.4, -0.2) is 7.05 Å². The molecule has 90 valence electrons. The summed E-state index contributed by atoms with van der Waals surface area (Å²) in [6.45, 7) is 0. The summed E-state index contributed by atoms with van der Waals surface area (Å²) in [4.78, 5) is 0. The van der Waals surface area contributed by atoms with Crippen LogP contribution in [-0.2, 0) is 0 Å². The maximum Gasteiger partial charge on any atom is 0.129 e. The highest BCUT2D eigenvalue weighted by Gasteiger charge is 2.18. The lowest BCUT2D eigenvalue weighted by atomic mass is 10.0. The smallest absolute Gasteiger partial charge is 0.129 e. The number of hydrogen-bond donors (Lipinski definition) is 1. The third-order valence-electron chi connectivity index (χ3n) is 2.52. The molecule has 0 aliphatic carbocycles. The summed E-state index contributed by atoms with van der Waals surface area (Å²) in [5.41, 5.74) is 1.59. The number of hydrogen-bond acceptors (Lipinski definition) is 2. The Kier molecular flexibility index (Phi) is 4.20. The van der Waals surface area contributed by atoms with Crippen molar-refractivity contribution in [1.29, 1.82) is 0 Å². The van der Waals surface area contributed by atoms with Crippen LogP contribution in [0.5, 0.6) is 0 Å². The zero-order valence-corrected chi connectivity index (χ0v) is 12.2. The van der Waals surface area contributed by atoms with Crippen molar-refractivity contribution in [2.75, 3.05) is 7.05 Å². The van der Waals surface area contributed by atoms with Gasteiger partial charge in [-0.1, -0.05) is 11.6 Å². The van der Waals surface area contributed by atoms with E-state index in [1.54, 1.807) is 24.5 Å². The highest BCUT2D eigenvalue weighted by atomic mass is 79.9. The fourth-order valence-corrected chi connectivity index (χ4v) is 2.87. The molecule has 0 radical (unpaired) electrons. The molecule has 2 rings (SSSR count). The minimum Gasteiger partial charge on any atom is -0.309 e. The van der Waals surface area contributed by atoms with Crippen molar-refractivity contribution in [3.63, 3.8) is 0 Å². The van der Waals surface area contributed by atoms with Gasteiger partial charge in [0.25, 0.3) is 0 Å². The Morgan fingerprint density at radius 2 is 2.24 bits per heavy atom. The third-order valence-corrected chi connectivity index (χ3v) is 4.41. The fourth-order valence-electron chi connectivity index (χ4n) is 1.70. The van der Waals surface area contributed by atoms with E-state index >= 15 is 0 Å². The number of halogens is 3. The van der Waals surface area contributed by atoms with E-state index in [1.807, 2.05) is 16.8 Å². The zero-order chi connectivity index (χ0) is 12.4. The summed E-state index contributed by atoms with van der Waals surface area (Å²) >= 11 is 10.8. The van der Waals surface area contributed by atoms with Gasteiger partial charge in [0.2, 0.25) is 0 Å². The highest BCUT2D eigenvalue weighted by Crippen LogP contribution is 2.32. The van der Waals surface area contributed by atoms with Gasteiger partial charge in [-0.3, -0.25) is 0 Å². The highest BCUT2D eigenvalue weighted by molar-refractivity contribution is 9.10. The molecule has 1 nitrogen and oxygen atoms in total. The van der Waals surface area contributed by atoms with Crippen LogP contribution in [0.4, 0.5) is 4.39 Å². The number of nitrogens with one attached hydrogen (secondary N) is 1. The van der Waals surface area contributed by atoms with Crippen molar-refractivity contribution >= 4 is 38.9 Å². The maximum absolute atomic E-state index is 13.9. The van der Waals surface area contributed by atoms with E-state index in [2.05, 4.69) is 21.2 Å². The third kappa shape index (κ3) is 2.71. The second-order valence-electron chi connectivity index (χ2n) is 3.57. The largest absolute Gasteiger partial charge is 0.309 e. The van der Waals surface area contributed by atoms with Gasteiger partial charge >= 0.3 is 0 Å². The van der Waals surface area contributed by atoms with Crippen LogP contribution in [0.15, 0.2) is 33.4 Å². The molecule has 1 heterocycles. The van der Waals surface area contributed by atoms with Crippen LogP contribution >= 0.6 is 38.9 Å². The molecule has 1 unspecified atom stereocenters. The molecule has 0 amide bonds. The van der Waals surface area contributed by atoms with Crippen molar-refractivity contribution in [3.05, 3.63) is 55.4 Å². The lowest BCUT2D eigenvalue weighted by Gasteiger charge is -2.17. The second-order valence-corrected chi connectivity index (χ2v) is 5.61. The van der Waals surface area contributed by atoms with Crippen molar-refractivity contribution in [2.45, 2.75) is 6.04 Å². The van der Waals surface area contributed by atoms with Gasteiger partial charge in [-0.2, -0.15) is 11.3 Å². The minimum absolute atomic E-state index is 0.174. The fraction of sp³-hybridized carbons (Fsp3) is 0.167. The van der Waals surface area contributed by atoms with Gasteiger partial charge in [0, 0.05) is 10.0 Å². The average Bonchev–Trinajstić information content (AvgIpc) is 2.80. The van der Waals surface area contributed by atoms with Gasteiger partial charge in [0.05, 0.1) is 11.1 Å². The van der Waals surface area contributed by atoms with Crippen LogP contribution in [0.3, 0.4) is 0 Å². The van der Waals surface area contributed by atoms with Gasteiger partial charge in [-0.15, -0.1) is 0 Å². The summed E-state index contributed by atoms with van der Waals surface area (Å²) in [6, 6.07) is 4.85. The Balaban J connectivity index is 2.48. The average molecular weight is 335 g/mol. The van der Waals surface area contributed by atoms with Crippen molar-refractivity contribution < 1.29 is 4.39 Å². The van der Waals surface area contributed by atoms with E-state index in [1.165, 1.54) is 6.07 Å². The quantitative estimate of drug-likeness (QED) is 0.808. The molecule has 0 bridgehead atoms. The first-order valence-electron chi connectivity index (χ1n) is 4.97. The first kappa shape index (κ1) is 13.0. The standard InChI is InChI=1S/C12H10BrClFNS/c1-16-12(7-2-3-17-6-7)8-4-10(14)9(13)5-11(8)15/h2-6,12,16H,1H3. The van der Waals surface area contributed by atoms with E-state index in [0.717, 1.165) is 5.56 Å². The molecule has 0 fully saturated rings. The van der Waals surface area contributed by atoms with Gasteiger partial charge in [-0.05, 0) is 57.5 Å². The molecule has 2 aromatic rings. The second kappa shape index (κ2) is 5.48. The predicted molar refractivity (Wildman–Crippen MR) is 74.3 cm³/mol. The Hall–Kier alpha value is -0.420. The Morgan fingerprint density at radius 1 is 1.47 bits per heavy atom. The molecule has 5 heteroatoms. The maximum atomic E-state index is 13.9. The molecular weight excluding hydrogens is 325 g/mol. The zero-order valence-electron chi connectivity index (χ0n) is 9.01. The lowest BCUT2D eigenvalue weighted by Crippen LogP contribution is -2.18. The Morgan fingerprint density at radius 3 is 2.82 bits per heavy atom. The molecular formula is C12H10BrClFNS. The molecule has 1 aromatic heterocycles. The molecule has 1 aromatic carbocycles. The molecule has 0 aliphatic rings. The molecule has 0 spiro atoms. The van der Waals surface area contributed by atoms with Crippen LogP contribution in [0.2, 0.25) is 5.02 Å². The number of benzene rings is 1. The summed E-state index contributed by atoms with van der Waals surface area (Å²) in [5.74, 6) is -0.271. The molecule has 0 saturated heterocycles. The van der Waals surface area contributed by atoms with E-state index in [-0.39, 0.29) is 11.9 Å². The monoisotopic (exact) mass is 333 g/mol. The minimum atomic E-state index is -0.271. The van der Waals surface area contributed by atoms with Gasteiger partial charge < -0.3 is 5.32 Å². The van der Waals surface area contributed by atoms with Crippen molar-refractivity contribution in [2.24, 2.45) is 0 Å². The molecule has 0 aliphatic heterocycles. The van der Waals surface area contributed by atoms with Crippen LogP contribution in [0, 0.1) is 5.82 Å². The van der Waals surface area contributed by atoms with Gasteiger partial charge in [0.15, 0.2) is 0 Å². The number of rotatable bonds is 3. The first-order valence-corrected chi connectivity index (χ1v) is 7.08. The summed E-state index contributed by atoms with van der Waals surface area (Å²) < 4.78 is 14.5. The van der Waals surface area contributed by atoms with Gasteiger partial charge in [-0.25, -0.2) is 4.39 Å². The summed E-state index contributed by atoms with van der Waals surface area (Å²) in [5, 5.41) is 7.58. The van der Waals surface area contributed by atoms with Gasteiger partial charge in [0.1, 0.15) is 5.82 Å². The summed E-state index contributed by atoms with van der Waals surface area (Å²) in [6.07, 6.45) is 0. The Bertz CT molecular complexity index is 515. The van der Waals surface area contributed by atoms with Crippen LogP contribution < -0.4 is 5.32 Å². The molecule has 1 atom stereocenters. The first-order chi connectivity index (χ1) is 8.13. The topological polar surface area (TPSA) is 12.0 Å². The normalized spacial score (nSPS) is 12.7. The number of thiophene rings is 1. The summed E-state index contributed by atoms with van der Waals surface area (Å²) in [7, 11) is 1.80. The van der Waals surface area contributed by atoms with E-state index < -0.39 is 0 Å². The lowest BCUT2D eigenvalue weighted by molar-refractivity contribution is 0.576. The molecule has 1 N–H and O–H groups in total.